The number of methoxy groups -OCH3 is 1. The van der Waals surface area contributed by atoms with Crippen LogP contribution in [0.4, 0.5) is 10.1 Å². The average molecular weight is 735 g/mol. The quantitative estimate of drug-likeness (QED) is 0.0647. The van der Waals surface area contributed by atoms with Gasteiger partial charge in [-0.15, -0.1) is 6.58 Å². The number of halogens is 1. The van der Waals surface area contributed by atoms with E-state index >= 15 is 0 Å². The van der Waals surface area contributed by atoms with Gasteiger partial charge in [0, 0.05) is 43.0 Å². The summed E-state index contributed by atoms with van der Waals surface area (Å²) in [4.78, 5) is 45.4. The number of hydrogen-bond donors (Lipinski definition) is 1. The van der Waals surface area contributed by atoms with E-state index in [-0.39, 0.29) is 50.8 Å². The van der Waals surface area contributed by atoms with Crippen LogP contribution in [0.1, 0.15) is 48.3 Å². The van der Waals surface area contributed by atoms with Crippen molar-refractivity contribution in [1.82, 2.24) is 4.90 Å². The van der Waals surface area contributed by atoms with Crippen molar-refractivity contribution in [3.63, 3.8) is 0 Å². The van der Waals surface area contributed by atoms with Crippen LogP contribution in [-0.4, -0.2) is 60.3 Å². The molecule has 0 saturated carbocycles. The largest absolute Gasteiger partial charge is 0.497 e. The fourth-order valence-corrected chi connectivity index (χ4v) is 6.98. The highest BCUT2D eigenvalue weighted by Gasteiger charge is 2.50. The summed E-state index contributed by atoms with van der Waals surface area (Å²) in [5.74, 6) is -0.00537. The van der Waals surface area contributed by atoms with E-state index in [1.165, 1.54) is 19.1 Å². The van der Waals surface area contributed by atoms with Gasteiger partial charge in [-0.05, 0) is 65.7 Å². The second-order valence-corrected chi connectivity index (χ2v) is 13.1. The molecule has 1 unspecified atom stereocenters. The maximum absolute atomic E-state index is 14.8. The van der Waals surface area contributed by atoms with Crippen molar-refractivity contribution >= 4 is 34.4 Å². The van der Waals surface area contributed by atoms with Gasteiger partial charge in [-0.25, -0.2) is 4.39 Å². The number of furan rings is 1. The number of aliphatic hydroxyl groups excluding tert-OH is 1. The molecule has 11 heteroatoms. The monoisotopic (exact) mass is 734 g/mol. The molecule has 0 radical (unpaired) electrons. The maximum Gasteiger partial charge on any atom is 0.302 e. The summed E-state index contributed by atoms with van der Waals surface area (Å²) in [6, 6.07) is 25.8. The first-order valence-corrected chi connectivity index (χ1v) is 17.8. The van der Waals surface area contributed by atoms with Gasteiger partial charge in [0.15, 0.2) is 0 Å². The van der Waals surface area contributed by atoms with Crippen molar-refractivity contribution < 1.29 is 42.5 Å². The lowest BCUT2D eigenvalue weighted by Gasteiger charge is -2.39. The fourth-order valence-electron chi connectivity index (χ4n) is 6.98. The Morgan fingerprint density at radius 1 is 0.963 bits per heavy atom. The lowest BCUT2D eigenvalue weighted by molar-refractivity contribution is -0.149. The predicted octanol–water partition coefficient (Wildman–Crippen LogP) is 7.12. The van der Waals surface area contributed by atoms with Crippen LogP contribution in [-0.2, 0) is 38.5 Å². The predicted molar refractivity (Wildman–Crippen MR) is 202 cm³/mol. The van der Waals surface area contributed by atoms with Gasteiger partial charge in [0.05, 0.1) is 45.2 Å². The molecule has 54 heavy (non-hydrogen) atoms. The highest BCUT2D eigenvalue weighted by Crippen LogP contribution is 2.48. The van der Waals surface area contributed by atoms with Crippen molar-refractivity contribution in [2.45, 2.75) is 57.3 Å². The number of nitrogens with zero attached hydrogens (tertiary/aromatic N) is 2. The summed E-state index contributed by atoms with van der Waals surface area (Å²) in [6.45, 7) is 5.40. The Hall–Kier alpha value is -5.94. The van der Waals surface area contributed by atoms with Crippen LogP contribution in [0.15, 0.2) is 114 Å². The number of hydrogen-bond acceptors (Lipinski definition) is 8. The fraction of sp³-hybridized carbons (Fsp3) is 0.279. The molecule has 0 bridgehead atoms. The number of ether oxygens (including phenoxy) is 3. The van der Waals surface area contributed by atoms with Gasteiger partial charge in [-0.3, -0.25) is 14.4 Å². The summed E-state index contributed by atoms with van der Waals surface area (Å²) in [5, 5.41) is 10.3. The third kappa shape index (κ3) is 8.64. The number of fused-ring (bicyclic) bond motifs is 2. The zero-order chi connectivity index (χ0) is 38.2. The lowest BCUT2D eigenvalue weighted by atomic mass is 9.94. The molecule has 1 aromatic heterocycles. The standard InChI is InChI=1S/C43H43FN2O8/c1-4-8-39(53-28(2)48)43-42(45(40(49)23-29-11-15-32(44)16-12-29)27-35-25-31-9-5-6-10-38(31)54-35)36-26-34(52-22-7-21-47)19-20-37(36)46(43)41(50)24-30-13-17-33(51-3)18-14-30/h4-6,9-20,25-26,39,42-43,47H,1,7-8,21-24,27H2,2-3H3/t39?,42-,43+/m0/s1. The van der Waals surface area contributed by atoms with Gasteiger partial charge >= 0.3 is 5.97 Å². The molecule has 0 saturated heterocycles. The topological polar surface area (TPSA) is 119 Å². The number of rotatable bonds is 16. The van der Waals surface area contributed by atoms with E-state index in [9.17, 15) is 23.9 Å². The average Bonchev–Trinajstić information content (AvgIpc) is 3.73. The molecule has 0 spiro atoms. The minimum atomic E-state index is -0.923. The third-order valence-electron chi connectivity index (χ3n) is 9.38. The van der Waals surface area contributed by atoms with Crippen LogP contribution >= 0.6 is 0 Å². The van der Waals surface area contributed by atoms with E-state index in [0.717, 1.165) is 10.9 Å². The molecule has 2 amide bonds. The molecule has 0 aliphatic carbocycles. The first-order chi connectivity index (χ1) is 26.2. The Bertz CT molecular complexity index is 2060. The maximum atomic E-state index is 14.8. The van der Waals surface area contributed by atoms with Crippen molar-refractivity contribution in [1.29, 1.82) is 0 Å². The van der Waals surface area contributed by atoms with E-state index in [4.69, 9.17) is 18.6 Å². The van der Waals surface area contributed by atoms with Gasteiger partial charge in [0.25, 0.3) is 0 Å². The van der Waals surface area contributed by atoms with Crippen LogP contribution in [0.3, 0.4) is 0 Å². The van der Waals surface area contributed by atoms with E-state index in [0.29, 0.717) is 46.1 Å². The molecule has 4 aromatic carbocycles. The summed E-state index contributed by atoms with van der Waals surface area (Å²) in [5.41, 5.74) is 3.06. The normalized spacial score (nSPS) is 15.4. The molecule has 280 valence electrons. The number of amides is 2. The number of aliphatic hydroxyl groups is 1. The van der Waals surface area contributed by atoms with Gasteiger partial charge in [0.2, 0.25) is 11.8 Å². The molecule has 5 aromatic rings. The molecule has 1 aliphatic heterocycles. The van der Waals surface area contributed by atoms with Gasteiger partial charge in [0.1, 0.15) is 34.8 Å². The molecular formula is C43H43FN2O8. The highest BCUT2D eigenvalue weighted by atomic mass is 19.1. The number of para-hydroxylation sites is 1. The first-order valence-electron chi connectivity index (χ1n) is 17.8. The molecule has 0 fully saturated rings. The van der Waals surface area contributed by atoms with Gasteiger partial charge in [-0.1, -0.05) is 48.5 Å². The first kappa shape index (κ1) is 37.8. The SMILES string of the molecule is C=CCC(OC(C)=O)[C@@H]1[C@@H](N(Cc2cc3ccccc3o2)C(=O)Cc2ccc(F)cc2)c2cc(OCCCO)ccc2N1C(=O)Cc1ccc(OC)cc1. The van der Waals surface area contributed by atoms with E-state index in [1.54, 1.807) is 65.5 Å². The molecule has 1 aliphatic rings. The number of anilines is 1. The lowest BCUT2D eigenvalue weighted by Crippen LogP contribution is -2.53. The van der Waals surface area contributed by atoms with Crippen LogP contribution in [0, 0.1) is 5.82 Å². The van der Waals surface area contributed by atoms with Crippen LogP contribution in [0.25, 0.3) is 11.0 Å². The van der Waals surface area contributed by atoms with Gasteiger partial charge in [-0.2, -0.15) is 0 Å². The van der Waals surface area contributed by atoms with Gasteiger partial charge < -0.3 is 33.5 Å². The van der Waals surface area contributed by atoms with Crippen LogP contribution in [0.5, 0.6) is 11.5 Å². The Morgan fingerprint density at radius 3 is 2.35 bits per heavy atom. The minimum absolute atomic E-state index is 0.00458. The molecular weight excluding hydrogens is 691 g/mol. The van der Waals surface area contributed by atoms with E-state index < -0.39 is 30.0 Å². The Kier molecular flexibility index (Phi) is 12.1. The Balaban J connectivity index is 1.52. The number of esters is 1. The second kappa shape index (κ2) is 17.3. The third-order valence-corrected chi connectivity index (χ3v) is 9.38. The van der Waals surface area contributed by atoms with Crippen molar-refractivity contribution in [2.75, 3.05) is 25.2 Å². The number of benzene rings is 4. The number of carbonyl (C=O) groups excluding carboxylic acids is 3. The summed E-state index contributed by atoms with van der Waals surface area (Å²) < 4.78 is 37.5. The summed E-state index contributed by atoms with van der Waals surface area (Å²) in [6.07, 6.45) is 1.17. The second-order valence-electron chi connectivity index (χ2n) is 13.1. The van der Waals surface area contributed by atoms with Crippen molar-refractivity contribution in [3.8, 4) is 11.5 Å². The smallest absolute Gasteiger partial charge is 0.302 e. The zero-order valence-corrected chi connectivity index (χ0v) is 30.3. The minimum Gasteiger partial charge on any atom is -0.497 e. The molecule has 6 rings (SSSR count). The van der Waals surface area contributed by atoms with Crippen LogP contribution < -0.4 is 14.4 Å². The number of carbonyl (C=O) groups is 3. The molecule has 3 atom stereocenters. The Morgan fingerprint density at radius 2 is 1.67 bits per heavy atom. The van der Waals surface area contributed by atoms with Crippen molar-refractivity contribution in [3.05, 3.63) is 138 Å². The molecule has 2 heterocycles. The highest BCUT2D eigenvalue weighted by molar-refractivity contribution is 5.99. The molecule has 10 nitrogen and oxygen atoms in total. The van der Waals surface area contributed by atoms with Crippen molar-refractivity contribution in [2.24, 2.45) is 0 Å². The van der Waals surface area contributed by atoms with E-state index in [2.05, 4.69) is 6.58 Å². The summed E-state index contributed by atoms with van der Waals surface area (Å²) >= 11 is 0. The van der Waals surface area contributed by atoms with Crippen LogP contribution in [0.2, 0.25) is 0 Å². The van der Waals surface area contributed by atoms with E-state index in [1.807, 2.05) is 42.5 Å². The Labute approximate surface area is 313 Å². The zero-order valence-electron chi connectivity index (χ0n) is 30.3. The summed E-state index contributed by atoms with van der Waals surface area (Å²) in [7, 11) is 1.57. The molecule has 1 N–H and O–H groups in total.